The first kappa shape index (κ1) is 18.2. The second-order valence-corrected chi connectivity index (χ2v) is 7.65. The van der Waals surface area contributed by atoms with Crippen molar-refractivity contribution in [2.24, 2.45) is 0 Å². The summed E-state index contributed by atoms with van der Waals surface area (Å²) in [6, 6.07) is 9.52. The van der Waals surface area contributed by atoms with E-state index in [-0.39, 0.29) is 11.3 Å². The molecule has 27 heavy (non-hydrogen) atoms. The van der Waals surface area contributed by atoms with Crippen molar-refractivity contribution in [2.75, 3.05) is 32.1 Å². The number of fused-ring (bicyclic) bond motifs is 1. The molecule has 7 nitrogen and oxygen atoms in total. The zero-order valence-electron chi connectivity index (χ0n) is 15.4. The Hall–Kier alpha value is -2.22. The zero-order valence-corrected chi connectivity index (χ0v) is 16.2. The molecular formula is C19H23ClN6O. The Morgan fingerprint density at radius 2 is 2.04 bits per heavy atom. The van der Waals surface area contributed by atoms with Crippen molar-refractivity contribution in [1.29, 1.82) is 0 Å². The molecule has 1 saturated heterocycles. The molecule has 2 aliphatic heterocycles. The molecule has 0 radical (unpaired) electrons. The molecule has 1 amide bonds. The van der Waals surface area contributed by atoms with Gasteiger partial charge in [-0.25, -0.2) is 15.4 Å². The number of halogens is 1. The number of amides is 1. The van der Waals surface area contributed by atoms with Crippen LogP contribution in [0.15, 0.2) is 30.3 Å². The van der Waals surface area contributed by atoms with E-state index in [1.807, 2.05) is 54.2 Å². The number of benzene rings is 1. The van der Waals surface area contributed by atoms with Gasteiger partial charge in [-0.15, -0.1) is 11.6 Å². The van der Waals surface area contributed by atoms with Crippen molar-refractivity contribution in [2.45, 2.75) is 24.4 Å². The third kappa shape index (κ3) is 3.50. The lowest BCUT2D eigenvalue weighted by Gasteiger charge is -2.32. The third-order valence-corrected chi connectivity index (χ3v) is 5.40. The van der Waals surface area contributed by atoms with E-state index < -0.39 is 6.04 Å². The highest BCUT2D eigenvalue weighted by Gasteiger charge is 2.36. The predicted octanol–water partition coefficient (Wildman–Crippen LogP) is 1.18. The van der Waals surface area contributed by atoms with Crippen LogP contribution in [0.25, 0.3) is 11.4 Å². The Morgan fingerprint density at radius 3 is 2.70 bits per heavy atom. The first-order chi connectivity index (χ1) is 13.0. The molecule has 2 unspecified atom stereocenters. The van der Waals surface area contributed by atoms with Gasteiger partial charge >= 0.3 is 0 Å². The van der Waals surface area contributed by atoms with Crippen LogP contribution in [0.4, 0.5) is 5.82 Å². The molecule has 2 aliphatic rings. The van der Waals surface area contributed by atoms with E-state index in [4.69, 9.17) is 21.6 Å². The first-order valence-electron chi connectivity index (χ1n) is 9.08. The van der Waals surface area contributed by atoms with Crippen LogP contribution >= 0.6 is 11.6 Å². The van der Waals surface area contributed by atoms with Crippen LogP contribution in [-0.4, -0.2) is 59.4 Å². The molecule has 142 valence electrons. The Balaban J connectivity index is 1.67. The molecule has 0 spiro atoms. The summed E-state index contributed by atoms with van der Waals surface area (Å²) in [4.78, 5) is 26.3. The molecule has 2 aromatic rings. The van der Waals surface area contributed by atoms with E-state index >= 15 is 0 Å². The molecular weight excluding hydrogens is 364 g/mol. The van der Waals surface area contributed by atoms with Crippen molar-refractivity contribution < 1.29 is 4.79 Å². The highest BCUT2D eigenvalue weighted by molar-refractivity contribution is 6.23. The topological polar surface area (TPSA) is 73.4 Å². The molecule has 1 aromatic heterocycles. The summed E-state index contributed by atoms with van der Waals surface area (Å²) in [5.41, 5.74) is 8.92. The number of nitrogens with one attached hydrogen (secondary N) is 2. The number of carbonyl (C=O) groups excluding carboxylic acids is 1. The number of aromatic nitrogens is 2. The van der Waals surface area contributed by atoms with Gasteiger partial charge < -0.3 is 9.80 Å². The zero-order chi connectivity index (χ0) is 19.0. The number of rotatable bonds is 3. The summed E-state index contributed by atoms with van der Waals surface area (Å²) in [5.74, 6) is 1.61. The van der Waals surface area contributed by atoms with E-state index in [1.54, 1.807) is 0 Å². The molecule has 3 heterocycles. The molecule has 1 aromatic carbocycles. The Labute approximate surface area is 163 Å². The smallest absolute Gasteiger partial charge is 0.243 e. The van der Waals surface area contributed by atoms with Gasteiger partial charge in [0.1, 0.15) is 11.9 Å². The summed E-state index contributed by atoms with van der Waals surface area (Å²) < 4.78 is 0. The Kier molecular flexibility index (Phi) is 4.99. The van der Waals surface area contributed by atoms with Gasteiger partial charge in [-0.3, -0.25) is 10.2 Å². The largest absolute Gasteiger partial charge is 0.362 e. The van der Waals surface area contributed by atoms with E-state index in [0.29, 0.717) is 25.5 Å². The van der Waals surface area contributed by atoms with E-state index in [9.17, 15) is 4.79 Å². The third-order valence-electron chi connectivity index (χ3n) is 4.99. The highest BCUT2D eigenvalue weighted by Crippen LogP contribution is 2.29. The first-order valence-corrected chi connectivity index (χ1v) is 9.52. The SMILES string of the molecule is CN(C)c1nc(-c2ccccc2)nc2c1CCN(C(=O)C1NNCC1Cl)C2. The lowest BCUT2D eigenvalue weighted by Crippen LogP contribution is -2.49. The van der Waals surface area contributed by atoms with Gasteiger partial charge in [-0.1, -0.05) is 30.3 Å². The summed E-state index contributed by atoms with van der Waals surface area (Å²) in [7, 11) is 3.97. The number of carbonyl (C=O) groups is 1. The molecule has 1 fully saturated rings. The van der Waals surface area contributed by atoms with Crippen LogP contribution in [0.3, 0.4) is 0 Å². The summed E-state index contributed by atoms with van der Waals surface area (Å²) in [5, 5.41) is -0.249. The van der Waals surface area contributed by atoms with Gasteiger partial charge in [0.25, 0.3) is 0 Å². The van der Waals surface area contributed by atoms with Crippen LogP contribution < -0.4 is 15.8 Å². The fraction of sp³-hybridized carbons (Fsp3) is 0.421. The van der Waals surface area contributed by atoms with Crippen LogP contribution in [0.2, 0.25) is 0 Å². The highest BCUT2D eigenvalue weighted by atomic mass is 35.5. The predicted molar refractivity (Wildman–Crippen MR) is 105 cm³/mol. The number of hydrogen-bond acceptors (Lipinski definition) is 6. The number of hydrogen-bond donors (Lipinski definition) is 2. The molecule has 4 rings (SSSR count). The van der Waals surface area contributed by atoms with Gasteiger partial charge in [0.2, 0.25) is 5.91 Å². The average molecular weight is 387 g/mol. The van der Waals surface area contributed by atoms with Crippen molar-refractivity contribution in [1.82, 2.24) is 25.7 Å². The maximum atomic E-state index is 12.9. The fourth-order valence-electron chi connectivity index (χ4n) is 3.57. The molecule has 8 heteroatoms. The van der Waals surface area contributed by atoms with E-state index in [2.05, 4.69) is 10.9 Å². The van der Waals surface area contributed by atoms with Gasteiger partial charge in [0, 0.05) is 38.3 Å². The van der Waals surface area contributed by atoms with Gasteiger partial charge in [-0.05, 0) is 6.42 Å². The minimum atomic E-state index is -0.406. The molecule has 2 N–H and O–H groups in total. The van der Waals surface area contributed by atoms with Crippen molar-refractivity contribution >= 4 is 23.3 Å². The van der Waals surface area contributed by atoms with Crippen molar-refractivity contribution in [3.8, 4) is 11.4 Å². The number of nitrogens with zero attached hydrogens (tertiary/aromatic N) is 4. The quantitative estimate of drug-likeness (QED) is 0.772. The maximum absolute atomic E-state index is 12.9. The van der Waals surface area contributed by atoms with Gasteiger partial charge in [0.15, 0.2) is 5.82 Å². The Morgan fingerprint density at radius 1 is 1.26 bits per heavy atom. The molecule has 2 atom stereocenters. The lowest BCUT2D eigenvalue weighted by atomic mass is 10.0. The Bertz CT molecular complexity index is 844. The van der Waals surface area contributed by atoms with Crippen LogP contribution in [0.1, 0.15) is 11.3 Å². The summed E-state index contributed by atoms with van der Waals surface area (Å²) in [6.45, 7) is 1.69. The van der Waals surface area contributed by atoms with Gasteiger partial charge in [0.05, 0.1) is 17.6 Å². The number of hydrazine groups is 1. The van der Waals surface area contributed by atoms with Crippen molar-refractivity contribution in [3.05, 3.63) is 41.6 Å². The molecule has 0 bridgehead atoms. The summed E-state index contributed by atoms with van der Waals surface area (Å²) >= 11 is 6.26. The van der Waals surface area contributed by atoms with Crippen molar-refractivity contribution in [3.63, 3.8) is 0 Å². The minimum Gasteiger partial charge on any atom is -0.362 e. The normalized spacial score (nSPS) is 21.8. The molecule has 0 saturated carbocycles. The fourth-order valence-corrected chi connectivity index (χ4v) is 3.82. The number of anilines is 1. The number of alkyl halides is 1. The van der Waals surface area contributed by atoms with E-state index in [0.717, 1.165) is 29.1 Å². The average Bonchev–Trinajstić information content (AvgIpc) is 3.12. The summed E-state index contributed by atoms with van der Waals surface area (Å²) in [6.07, 6.45) is 0.733. The maximum Gasteiger partial charge on any atom is 0.243 e. The second-order valence-electron chi connectivity index (χ2n) is 7.09. The van der Waals surface area contributed by atoms with Crippen LogP contribution in [0, 0.1) is 0 Å². The molecule has 0 aliphatic carbocycles. The monoisotopic (exact) mass is 386 g/mol. The van der Waals surface area contributed by atoms with Crippen LogP contribution in [0.5, 0.6) is 0 Å². The second kappa shape index (κ2) is 7.42. The minimum absolute atomic E-state index is 0.0110. The van der Waals surface area contributed by atoms with E-state index in [1.165, 1.54) is 0 Å². The van der Waals surface area contributed by atoms with Gasteiger partial charge in [-0.2, -0.15) is 0 Å². The van der Waals surface area contributed by atoms with Crippen LogP contribution in [-0.2, 0) is 17.8 Å². The lowest BCUT2D eigenvalue weighted by molar-refractivity contribution is -0.134. The standard InChI is InChI=1S/C19H23ClN6O/c1-25(2)18-13-8-9-26(19(27)16-14(20)10-21-24-16)11-15(13)22-17(23-18)12-6-4-3-5-7-12/h3-7,14,16,21,24H,8-11H2,1-2H3.